The molecule has 0 unspecified atom stereocenters. The van der Waals surface area contributed by atoms with Crippen LogP contribution in [0.5, 0.6) is 0 Å². The first kappa shape index (κ1) is 10.9. The van der Waals surface area contributed by atoms with Crippen LogP contribution in [0.1, 0.15) is 0 Å². The molecule has 0 aromatic carbocycles. The van der Waals surface area contributed by atoms with E-state index in [0.717, 1.165) is 6.20 Å². The van der Waals surface area contributed by atoms with Crippen molar-refractivity contribution in [2.24, 2.45) is 5.73 Å². The van der Waals surface area contributed by atoms with Crippen LogP contribution in [-0.4, -0.2) is 5.87 Å². The number of nitrogens with one attached hydrogen (secondary N) is 1. The monoisotopic (exact) mass is 134 g/mol. The molecule has 50 valence electrons. The highest BCUT2D eigenvalue weighted by Gasteiger charge is 1.82. The molecule has 0 amide bonds. The summed E-state index contributed by atoms with van der Waals surface area (Å²) in [7, 11) is 0. The van der Waals surface area contributed by atoms with Crippen LogP contribution in [0.25, 0.3) is 0 Å². The third-order valence-electron chi connectivity index (χ3n) is 0.408. The molecule has 4 nitrogen and oxygen atoms in total. The van der Waals surface area contributed by atoms with Gasteiger partial charge in [-0.15, -0.1) is 0 Å². The second-order valence-corrected chi connectivity index (χ2v) is 0.981. The largest absolute Gasteiger partial charge is 0.403 e. The number of nitrogens with zero attached hydrogens (tertiary/aromatic N) is 2. The third-order valence-corrected chi connectivity index (χ3v) is 0.408. The van der Waals surface area contributed by atoms with Gasteiger partial charge < -0.3 is 5.73 Å². The summed E-state index contributed by atoms with van der Waals surface area (Å²) in [5.41, 5.74) is 4.73. The molecular weight excluding hydrogens is 128 g/mol. The van der Waals surface area contributed by atoms with Gasteiger partial charge in [-0.3, -0.25) is 5.41 Å². The molecule has 0 atom stereocenters. The molecule has 0 spiro atoms. The second kappa shape index (κ2) is 10.1. The van der Waals surface area contributed by atoms with Crippen molar-refractivity contribution in [1.82, 2.24) is 0 Å². The summed E-state index contributed by atoms with van der Waals surface area (Å²) in [6.45, 7) is 2.90. The highest BCUT2D eigenvalue weighted by atomic mass is 14.5. The van der Waals surface area contributed by atoms with E-state index in [1.54, 1.807) is 18.0 Å². The normalized spacial score (nSPS) is 4.60. The molecule has 0 heterocycles. The maximum Gasteiger partial charge on any atom is 0.145 e. The van der Waals surface area contributed by atoms with Gasteiger partial charge in [0.1, 0.15) is 17.7 Å². The molecule has 0 aliphatic rings. The number of hydrogen-bond donors (Lipinski definition) is 2. The van der Waals surface area contributed by atoms with Crippen molar-refractivity contribution in [1.29, 1.82) is 15.9 Å². The Labute approximate surface area is 59.0 Å². The molecule has 4 heteroatoms. The topological polar surface area (TPSA) is 97.5 Å². The summed E-state index contributed by atoms with van der Waals surface area (Å²) >= 11 is 0. The zero-order valence-corrected chi connectivity index (χ0v) is 5.26. The van der Waals surface area contributed by atoms with Crippen molar-refractivity contribution in [3.63, 3.8) is 0 Å². The quantitative estimate of drug-likeness (QED) is 0.368. The van der Waals surface area contributed by atoms with Crippen LogP contribution >= 0.6 is 0 Å². The maximum absolute atomic E-state index is 7.91. The third kappa shape index (κ3) is 9.36. The molecule has 0 aromatic heterocycles. The highest BCUT2D eigenvalue weighted by Crippen LogP contribution is 1.79. The van der Waals surface area contributed by atoms with E-state index < -0.39 is 0 Å². The van der Waals surface area contributed by atoms with E-state index in [4.69, 9.17) is 21.7 Å². The molecule has 0 radical (unpaired) electrons. The predicted molar refractivity (Wildman–Crippen MR) is 36.9 cm³/mol. The summed E-state index contributed by atoms with van der Waals surface area (Å²) in [5, 5.41) is 21.7. The number of hydrogen-bond acceptors (Lipinski definition) is 4. The van der Waals surface area contributed by atoms with Crippen LogP contribution < -0.4 is 5.73 Å². The summed E-state index contributed by atoms with van der Waals surface area (Å²) in [5.74, 6) is 1.75. The van der Waals surface area contributed by atoms with Crippen LogP contribution in [0.2, 0.25) is 0 Å². The van der Waals surface area contributed by atoms with Gasteiger partial charge in [0.15, 0.2) is 0 Å². The Morgan fingerprint density at radius 3 is 1.80 bits per heavy atom. The Bertz CT molecular complexity index is 203. The number of nitriles is 2. The lowest BCUT2D eigenvalue weighted by atomic mass is 10.4. The minimum absolute atomic E-state index is 0.0556. The lowest BCUT2D eigenvalue weighted by Crippen LogP contribution is -1.80. The Kier molecular flexibility index (Phi) is 10.9. The van der Waals surface area contributed by atoms with E-state index in [1.807, 2.05) is 0 Å². The Morgan fingerprint density at radius 1 is 1.50 bits per heavy atom. The van der Waals surface area contributed by atoms with Gasteiger partial charge in [0, 0.05) is 6.20 Å². The number of rotatable bonds is 0. The fraction of sp³-hybridized carbons (Fsp3) is 0. The standard InChI is InChI=1S/C4H3N3.C2H3N/c5-1-4(2-6)3-7;1-2-3/h1H,5H2;3H,1H2. The average molecular weight is 134 g/mol. The first-order valence-corrected chi connectivity index (χ1v) is 2.17. The van der Waals surface area contributed by atoms with Gasteiger partial charge >= 0.3 is 0 Å². The second-order valence-electron chi connectivity index (χ2n) is 0.981. The molecule has 0 aliphatic carbocycles. The summed E-state index contributed by atoms with van der Waals surface area (Å²) in [4.78, 5) is 0. The Morgan fingerprint density at radius 2 is 1.80 bits per heavy atom. The number of allylic oxidation sites excluding steroid dienone is 1. The van der Waals surface area contributed by atoms with E-state index in [1.165, 1.54) is 0 Å². The summed E-state index contributed by atoms with van der Waals surface area (Å²) < 4.78 is 0. The number of nitrogens with two attached hydrogens (primary N) is 1. The molecular formula is C6H6N4. The molecule has 3 N–H and O–H groups in total. The molecule has 10 heavy (non-hydrogen) atoms. The predicted octanol–water partition coefficient (Wildman–Crippen LogP) is 0.297. The lowest BCUT2D eigenvalue weighted by Gasteiger charge is -1.68. The molecule has 0 rings (SSSR count). The van der Waals surface area contributed by atoms with E-state index in [0.29, 0.717) is 0 Å². The molecule has 0 saturated heterocycles. The first-order valence-electron chi connectivity index (χ1n) is 2.17. The van der Waals surface area contributed by atoms with E-state index >= 15 is 0 Å². The van der Waals surface area contributed by atoms with Crippen LogP contribution in [0.3, 0.4) is 0 Å². The molecule has 0 fully saturated rings. The van der Waals surface area contributed by atoms with Gasteiger partial charge in [0.05, 0.1) is 0 Å². The van der Waals surface area contributed by atoms with Crippen molar-refractivity contribution < 1.29 is 0 Å². The first-order chi connectivity index (χ1) is 4.76. The zero-order valence-electron chi connectivity index (χ0n) is 5.26. The van der Waals surface area contributed by atoms with Crippen molar-refractivity contribution in [3.8, 4) is 12.1 Å². The summed E-state index contributed by atoms with van der Waals surface area (Å²) in [6, 6.07) is 3.15. The van der Waals surface area contributed by atoms with Crippen LogP contribution in [0, 0.1) is 28.1 Å². The minimum atomic E-state index is -0.0556. The van der Waals surface area contributed by atoms with Gasteiger partial charge in [-0.25, -0.2) is 0 Å². The van der Waals surface area contributed by atoms with Crippen molar-refractivity contribution >= 4 is 5.87 Å². The van der Waals surface area contributed by atoms with Gasteiger partial charge in [-0.1, -0.05) is 0 Å². The smallest absolute Gasteiger partial charge is 0.145 e. The SMILES string of the molecule is C=C=N.N#CC(C#N)=CN. The van der Waals surface area contributed by atoms with Crippen molar-refractivity contribution in [2.45, 2.75) is 0 Å². The van der Waals surface area contributed by atoms with Crippen molar-refractivity contribution in [2.75, 3.05) is 0 Å². The zero-order chi connectivity index (χ0) is 8.41. The maximum atomic E-state index is 7.91. The Balaban J connectivity index is 0. The van der Waals surface area contributed by atoms with Crippen LogP contribution in [0.4, 0.5) is 0 Å². The lowest BCUT2D eigenvalue weighted by molar-refractivity contribution is 1.43. The fourth-order valence-electron chi connectivity index (χ4n) is 0.0995. The Hall–Kier alpha value is -2.03. The van der Waals surface area contributed by atoms with Gasteiger partial charge in [-0.05, 0) is 12.4 Å². The van der Waals surface area contributed by atoms with Gasteiger partial charge in [0.2, 0.25) is 0 Å². The van der Waals surface area contributed by atoms with Crippen molar-refractivity contribution in [3.05, 3.63) is 18.4 Å². The molecule has 0 bridgehead atoms. The van der Waals surface area contributed by atoms with Gasteiger partial charge in [0.25, 0.3) is 0 Å². The fourth-order valence-corrected chi connectivity index (χ4v) is 0.0995. The van der Waals surface area contributed by atoms with Gasteiger partial charge in [-0.2, -0.15) is 10.5 Å². The molecule has 0 aliphatic heterocycles. The van der Waals surface area contributed by atoms with E-state index in [9.17, 15) is 0 Å². The summed E-state index contributed by atoms with van der Waals surface area (Å²) in [6.07, 6.45) is 0.972. The highest BCUT2D eigenvalue weighted by molar-refractivity contribution is 5.41. The van der Waals surface area contributed by atoms with Crippen LogP contribution in [-0.2, 0) is 0 Å². The minimum Gasteiger partial charge on any atom is -0.403 e. The van der Waals surface area contributed by atoms with E-state index in [-0.39, 0.29) is 5.57 Å². The van der Waals surface area contributed by atoms with Crippen LogP contribution in [0.15, 0.2) is 18.4 Å². The molecule has 0 aromatic rings. The van der Waals surface area contributed by atoms with E-state index in [2.05, 4.69) is 6.58 Å². The molecule has 0 saturated carbocycles. The average Bonchev–Trinajstić information content (AvgIpc) is 1.93.